The van der Waals surface area contributed by atoms with Crippen LogP contribution in [0, 0.1) is 0 Å². The van der Waals surface area contributed by atoms with Crippen molar-refractivity contribution >= 4 is 22.4 Å². The van der Waals surface area contributed by atoms with Gasteiger partial charge in [-0.2, -0.15) is 0 Å². The van der Waals surface area contributed by atoms with Crippen LogP contribution in [0.2, 0.25) is 0 Å². The number of amides is 1. The van der Waals surface area contributed by atoms with Crippen LogP contribution in [0.25, 0.3) is 0 Å². The largest absolute Gasteiger partial charge is 0.483 e. The summed E-state index contributed by atoms with van der Waals surface area (Å²) in [5.74, 6) is 0.559. The summed E-state index contributed by atoms with van der Waals surface area (Å²) < 4.78 is 5.59. The van der Waals surface area contributed by atoms with Gasteiger partial charge in [0.05, 0.1) is 5.69 Å². The van der Waals surface area contributed by atoms with Crippen molar-refractivity contribution in [2.45, 2.75) is 19.9 Å². The number of nitrogens with one attached hydrogen (secondary N) is 1. The molecule has 0 fully saturated rings. The van der Waals surface area contributed by atoms with Crippen molar-refractivity contribution in [2.75, 3.05) is 26.0 Å². The van der Waals surface area contributed by atoms with Crippen LogP contribution in [-0.2, 0) is 17.8 Å². The number of carbonyl (C=O) groups excluding carboxylic acids is 1. The number of anilines is 1. The number of hydrogen-bond donors (Lipinski definition) is 1. The second kappa shape index (κ2) is 7.91. The van der Waals surface area contributed by atoms with Gasteiger partial charge in [-0.15, -0.1) is 11.3 Å². The molecule has 1 aromatic carbocycles. The Kier molecular flexibility index (Phi) is 5.91. The van der Waals surface area contributed by atoms with Gasteiger partial charge in [0.2, 0.25) is 0 Å². The van der Waals surface area contributed by atoms with Gasteiger partial charge in [-0.3, -0.25) is 10.1 Å². The monoisotopic (exact) mass is 319 g/mol. The number of ether oxygens (including phenoxy) is 1. The average molecular weight is 319 g/mol. The molecule has 0 radical (unpaired) electrons. The SMILES string of the molecule is CCc1ccccc1OCC(=O)Nc1nc(CN(C)C)cs1. The van der Waals surface area contributed by atoms with E-state index in [4.69, 9.17) is 4.74 Å². The van der Waals surface area contributed by atoms with Crippen LogP contribution in [-0.4, -0.2) is 36.5 Å². The highest BCUT2D eigenvalue weighted by Crippen LogP contribution is 2.19. The predicted molar refractivity (Wildman–Crippen MR) is 89.4 cm³/mol. The lowest BCUT2D eigenvalue weighted by molar-refractivity contribution is -0.118. The van der Waals surface area contributed by atoms with Crippen LogP contribution in [0.15, 0.2) is 29.6 Å². The summed E-state index contributed by atoms with van der Waals surface area (Å²) >= 11 is 1.42. The molecule has 6 heteroatoms. The number of para-hydroxylation sites is 1. The summed E-state index contributed by atoms with van der Waals surface area (Å²) in [5, 5.41) is 5.32. The van der Waals surface area contributed by atoms with Gasteiger partial charge in [-0.25, -0.2) is 4.98 Å². The van der Waals surface area contributed by atoms with E-state index in [1.54, 1.807) is 0 Å². The Hall–Kier alpha value is -1.92. The molecular formula is C16H21N3O2S. The minimum absolute atomic E-state index is 0.0143. The van der Waals surface area contributed by atoms with Gasteiger partial charge in [0, 0.05) is 11.9 Å². The third-order valence-corrected chi connectivity index (χ3v) is 3.80. The van der Waals surface area contributed by atoms with Gasteiger partial charge >= 0.3 is 0 Å². The second-order valence-electron chi connectivity index (χ2n) is 5.18. The first-order chi connectivity index (χ1) is 10.6. The van der Waals surface area contributed by atoms with Crippen molar-refractivity contribution < 1.29 is 9.53 Å². The molecule has 1 amide bonds. The highest BCUT2D eigenvalue weighted by molar-refractivity contribution is 7.13. The molecule has 0 saturated carbocycles. The zero-order valence-corrected chi connectivity index (χ0v) is 13.9. The normalized spacial score (nSPS) is 10.7. The number of rotatable bonds is 7. The van der Waals surface area contributed by atoms with E-state index in [-0.39, 0.29) is 12.5 Å². The number of thiazole rings is 1. The second-order valence-corrected chi connectivity index (χ2v) is 6.04. The lowest BCUT2D eigenvalue weighted by Gasteiger charge is -2.09. The standard InChI is InChI=1S/C16H21N3O2S/c1-4-12-7-5-6-8-14(12)21-10-15(20)18-16-17-13(11-22-16)9-19(2)3/h5-8,11H,4,9-10H2,1-3H3,(H,17,18,20). The highest BCUT2D eigenvalue weighted by Gasteiger charge is 2.09. The fraction of sp³-hybridized carbons (Fsp3) is 0.375. The van der Waals surface area contributed by atoms with Gasteiger partial charge in [0.1, 0.15) is 5.75 Å². The van der Waals surface area contributed by atoms with Crippen LogP contribution < -0.4 is 10.1 Å². The van der Waals surface area contributed by atoms with Crippen molar-refractivity contribution in [3.63, 3.8) is 0 Å². The summed E-state index contributed by atoms with van der Waals surface area (Å²) in [4.78, 5) is 18.3. The zero-order valence-electron chi connectivity index (χ0n) is 13.1. The van der Waals surface area contributed by atoms with Crippen molar-refractivity contribution in [3.05, 3.63) is 40.9 Å². The van der Waals surface area contributed by atoms with Gasteiger partial charge in [0.15, 0.2) is 11.7 Å². The molecule has 0 aliphatic rings. The van der Waals surface area contributed by atoms with Crippen molar-refractivity contribution in [3.8, 4) is 5.75 Å². The molecule has 1 heterocycles. The molecule has 0 aliphatic carbocycles. The van der Waals surface area contributed by atoms with E-state index in [9.17, 15) is 4.79 Å². The third-order valence-electron chi connectivity index (χ3n) is 2.99. The average Bonchev–Trinajstić information content (AvgIpc) is 2.91. The molecule has 0 aliphatic heterocycles. The first kappa shape index (κ1) is 16.5. The number of benzene rings is 1. The number of aryl methyl sites for hydroxylation is 1. The van der Waals surface area contributed by atoms with E-state index < -0.39 is 0 Å². The molecule has 2 aromatic rings. The van der Waals surface area contributed by atoms with Gasteiger partial charge in [-0.1, -0.05) is 25.1 Å². The van der Waals surface area contributed by atoms with E-state index in [2.05, 4.69) is 17.2 Å². The minimum atomic E-state index is -0.198. The van der Waals surface area contributed by atoms with Crippen LogP contribution in [0.1, 0.15) is 18.2 Å². The zero-order chi connectivity index (χ0) is 15.9. The minimum Gasteiger partial charge on any atom is -0.483 e. The molecule has 1 aromatic heterocycles. The van der Waals surface area contributed by atoms with E-state index in [0.29, 0.717) is 5.13 Å². The molecular weight excluding hydrogens is 298 g/mol. The fourth-order valence-corrected chi connectivity index (χ4v) is 2.71. The molecule has 22 heavy (non-hydrogen) atoms. The van der Waals surface area contributed by atoms with Crippen LogP contribution in [0.5, 0.6) is 5.75 Å². The molecule has 118 valence electrons. The van der Waals surface area contributed by atoms with Crippen molar-refractivity contribution in [1.82, 2.24) is 9.88 Å². The highest BCUT2D eigenvalue weighted by atomic mass is 32.1. The Morgan fingerprint density at radius 3 is 2.86 bits per heavy atom. The number of nitrogens with zero attached hydrogens (tertiary/aromatic N) is 2. The van der Waals surface area contributed by atoms with E-state index >= 15 is 0 Å². The summed E-state index contributed by atoms with van der Waals surface area (Å²) in [6, 6.07) is 7.75. The van der Waals surface area contributed by atoms with E-state index in [1.807, 2.05) is 48.6 Å². The Bertz CT molecular complexity index is 625. The van der Waals surface area contributed by atoms with Gasteiger partial charge in [0.25, 0.3) is 5.91 Å². The number of aromatic nitrogens is 1. The molecule has 0 atom stereocenters. The lowest BCUT2D eigenvalue weighted by atomic mass is 10.1. The first-order valence-corrected chi connectivity index (χ1v) is 8.06. The van der Waals surface area contributed by atoms with Crippen LogP contribution in [0.4, 0.5) is 5.13 Å². The molecule has 0 spiro atoms. The third kappa shape index (κ3) is 4.82. The Morgan fingerprint density at radius 1 is 1.36 bits per heavy atom. The summed E-state index contributed by atoms with van der Waals surface area (Å²) in [5.41, 5.74) is 2.04. The topological polar surface area (TPSA) is 54.5 Å². The van der Waals surface area contributed by atoms with E-state index in [0.717, 1.165) is 30.0 Å². The Balaban J connectivity index is 1.86. The Labute approximate surface area is 134 Å². The summed E-state index contributed by atoms with van der Waals surface area (Å²) in [7, 11) is 3.97. The molecule has 2 rings (SSSR count). The maximum Gasteiger partial charge on any atom is 0.264 e. The molecule has 0 saturated heterocycles. The molecule has 0 bridgehead atoms. The van der Waals surface area contributed by atoms with Gasteiger partial charge in [-0.05, 0) is 32.1 Å². The molecule has 5 nitrogen and oxygen atoms in total. The smallest absolute Gasteiger partial charge is 0.264 e. The number of hydrogen-bond acceptors (Lipinski definition) is 5. The lowest BCUT2D eigenvalue weighted by Crippen LogP contribution is -2.20. The summed E-state index contributed by atoms with van der Waals surface area (Å²) in [6.07, 6.45) is 0.873. The first-order valence-electron chi connectivity index (χ1n) is 7.18. The maximum atomic E-state index is 11.9. The quantitative estimate of drug-likeness (QED) is 0.852. The summed E-state index contributed by atoms with van der Waals surface area (Å²) in [6.45, 7) is 2.80. The fourth-order valence-electron chi connectivity index (χ4n) is 2.00. The Morgan fingerprint density at radius 2 is 2.14 bits per heavy atom. The molecule has 0 unspecified atom stereocenters. The maximum absolute atomic E-state index is 11.9. The van der Waals surface area contributed by atoms with Crippen LogP contribution in [0.3, 0.4) is 0 Å². The van der Waals surface area contributed by atoms with E-state index in [1.165, 1.54) is 11.3 Å². The predicted octanol–water partition coefficient (Wildman–Crippen LogP) is 2.78. The van der Waals surface area contributed by atoms with Crippen molar-refractivity contribution in [1.29, 1.82) is 0 Å². The number of carbonyl (C=O) groups is 1. The van der Waals surface area contributed by atoms with Crippen molar-refractivity contribution in [2.24, 2.45) is 0 Å². The van der Waals surface area contributed by atoms with Crippen LogP contribution >= 0.6 is 11.3 Å². The van der Waals surface area contributed by atoms with Gasteiger partial charge < -0.3 is 9.64 Å². The molecule has 1 N–H and O–H groups in total.